The molecule has 0 N–H and O–H groups in total. The summed E-state index contributed by atoms with van der Waals surface area (Å²) >= 11 is 1.71. The van der Waals surface area contributed by atoms with Crippen LogP contribution in [0.5, 0.6) is 0 Å². The fraction of sp³-hybridized carbons (Fsp3) is 0.652. The zero-order valence-corrected chi connectivity index (χ0v) is 18.7. The topological polar surface area (TPSA) is 59.1 Å². The van der Waals surface area contributed by atoms with E-state index in [1.165, 1.54) is 11.1 Å². The van der Waals surface area contributed by atoms with Crippen LogP contribution < -0.4 is 0 Å². The number of hydrogen-bond acceptors (Lipinski definition) is 5. The quantitative estimate of drug-likeness (QED) is 0.647. The molecule has 0 aromatic heterocycles. The number of benzene rings is 1. The predicted octanol–water partition coefficient (Wildman–Crippen LogP) is 2.69. The summed E-state index contributed by atoms with van der Waals surface area (Å²) in [5.41, 5.74) is 2.79. The van der Waals surface area contributed by atoms with Gasteiger partial charge in [0.2, 0.25) is 11.8 Å². The monoisotopic (exact) mass is 432 g/mol. The average molecular weight is 433 g/mol. The molecule has 3 atom stereocenters. The smallest absolute Gasteiger partial charge is 0.246 e. The molecule has 0 radical (unpaired) electrons. The van der Waals surface area contributed by atoms with Crippen LogP contribution in [0.1, 0.15) is 36.8 Å². The molecule has 164 valence electrons. The van der Waals surface area contributed by atoms with Crippen LogP contribution in [-0.4, -0.2) is 72.4 Å². The van der Waals surface area contributed by atoms with Crippen LogP contribution in [0, 0.1) is 5.92 Å². The van der Waals surface area contributed by atoms with Gasteiger partial charge in [-0.3, -0.25) is 9.59 Å². The van der Waals surface area contributed by atoms with Crippen LogP contribution in [0.2, 0.25) is 0 Å². The molecule has 6 nitrogen and oxygen atoms in total. The summed E-state index contributed by atoms with van der Waals surface area (Å²) in [6.07, 6.45) is 4.78. The second-order valence-corrected chi connectivity index (χ2v) is 9.54. The number of methoxy groups -OCH3 is 2. The molecular formula is C23H32N2O4S. The Bertz CT molecular complexity index is 769. The summed E-state index contributed by atoms with van der Waals surface area (Å²) in [6, 6.07) is 8.10. The number of likely N-dealkylation sites (tertiary alicyclic amines) is 1. The van der Waals surface area contributed by atoms with Crippen molar-refractivity contribution in [2.45, 2.75) is 56.9 Å². The molecule has 1 aliphatic carbocycles. The van der Waals surface area contributed by atoms with Crippen molar-refractivity contribution in [3.8, 4) is 0 Å². The second kappa shape index (κ2) is 9.71. The molecule has 0 spiro atoms. The van der Waals surface area contributed by atoms with Crippen molar-refractivity contribution in [3.63, 3.8) is 0 Å². The molecule has 0 saturated carbocycles. The summed E-state index contributed by atoms with van der Waals surface area (Å²) in [5, 5.41) is 0. The van der Waals surface area contributed by atoms with Gasteiger partial charge in [-0.15, -0.1) is 11.8 Å². The highest BCUT2D eigenvalue weighted by Gasteiger charge is 2.43. The number of carbonyl (C=O) groups is 2. The van der Waals surface area contributed by atoms with Gasteiger partial charge in [0.1, 0.15) is 6.04 Å². The molecule has 2 fully saturated rings. The summed E-state index contributed by atoms with van der Waals surface area (Å²) in [5.74, 6) is 1.97. The van der Waals surface area contributed by atoms with E-state index in [1.807, 2.05) is 9.80 Å². The van der Waals surface area contributed by atoms with Gasteiger partial charge in [-0.2, -0.15) is 0 Å². The van der Waals surface area contributed by atoms with Crippen molar-refractivity contribution in [2.24, 2.45) is 5.92 Å². The van der Waals surface area contributed by atoms with Gasteiger partial charge in [-0.25, -0.2) is 0 Å². The first-order chi connectivity index (χ1) is 14.6. The highest BCUT2D eigenvalue weighted by Crippen LogP contribution is 2.31. The van der Waals surface area contributed by atoms with Gasteiger partial charge in [0.05, 0.1) is 11.9 Å². The van der Waals surface area contributed by atoms with Crippen molar-refractivity contribution in [1.82, 2.24) is 9.80 Å². The number of amides is 2. The molecule has 30 heavy (non-hydrogen) atoms. The van der Waals surface area contributed by atoms with E-state index in [4.69, 9.17) is 9.47 Å². The summed E-state index contributed by atoms with van der Waals surface area (Å²) in [6.45, 7) is 0.683. The number of ether oxygens (including phenoxy) is 2. The minimum absolute atomic E-state index is 0.0453. The van der Waals surface area contributed by atoms with Gasteiger partial charge in [-0.05, 0) is 49.1 Å². The lowest BCUT2D eigenvalue weighted by molar-refractivity contribution is -0.160. The van der Waals surface area contributed by atoms with Crippen LogP contribution >= 0.6 is 11.8 Å². The van der Waals surface area contributed by atoms with E-state index >= 15 is 0 Å². The third-order valence-electron chi connectivity index (χ3n) is 6.75. The van der Waals surface area contributed by atoms with Gasteiger partial charge >= 0.3 is 0 Å². The SMILES string of the molecule is COC(OC)[C@@H]1CSCN1C(=O)[C@@H]1CCCN1C(=O)C[C@H]1CCc2ccccc2C1. The third kappa shape index (κ3) is 4.39. The van der Waals surface area contributed by atoms with Crippen molar-refractivity contribution in [2.75, 3.05) is 32.4 Å². The van der Waals surface area contributed by atoms with Crippen molar-refractivity contribution in [1.29, 1.82) is 0 Å². The van der Waals surface area contributed by atoms with Gasteiger partial charge < -0.3 is 19.3 Å². The third-order valence-corrected chi connectivity index (χ3v) is 7.79. The largest absolute Gasteiger partial charge is 0.354 e. The van der Waals surface area contributed by atoms with Crippen LogP contribution in [0.4, 0.5) is 0 Å². The Balaban J connectivity index is 1.39. The summed E-state index contributed by atoms with van der Waals surface area (Å²) < 4.78 is 10.8. The van der Waals surface area contributed by atoms with Crippen LogP contribution in [0.15, 0.2) is 24.3 Å². The molecule has 2 heterocycles. The zero-order chi connectivity index (χ0) is 21.1. The van der Waals surface area contributed by atoms with E-state index in [9.17, 15) is 9.59 Å². The molecule has 0 bridgehead atoms. The first kappa shape index (κ1) is 21.7. The standard InChI is InChI=1S/C23H32N2O4S/c1-28-23(29-2)20-14-30-15-25(20)22(27)19-8-5-11-24(19)21(26)13-16-9-10-17-6-3-4-7-18(17)12-16/h3-4,6-7,16,19-20,23H,5,8-15H2,1-2H3/t16-,19-,20-/m0/s1. The van der Waals surface area contributed by atoms with E-state index < -0.39 is 6.29 Å². The van der Waals surface area contributed by atoms with Crippen molar-refractivity contribution < 1.29 is 19.1 Å². The maximum Gasteiger partial charge on any atom is 0.246 e. The summed E-state index contributed by atoms with van der Waals surface area (Å²) in [4.78, 5) is 30.3. The fourth-order valence-corrected chi connectivity index (χ4v) is 6.34. The number of carbonyl (C=O) groups excluding carboxylic acids is 2. The van der Waals surface area contributed by atoms with Crippen LogP contribution in [0.3, 0.4) is 0 Å². The predicted molar refractivity (Wildman–Crippen MR) is 117 cm³/mol. The van der Waals surface area contributed by atoms with Gasteiger partial charge in [0.15, 0.2) is 6.29 Å². The van der Waals surface area contributed by atoms with E-state index in [-0.39, 0.29) is 23.9 Å². The first-order valence-corrected chi connectivity index (χ1v) is 12.1. The fourth-order valence-electron chi connectivity index (χ4n) is 5.15. The van der Waals surface area contributed by atoms with E-state index in [0.29, 0.717) is 24.8 Å². The zero-order valence-electron chi connectivity index (χ0n) is 17.9. The maximum absolute atomic E-state index is 13.4. The molecule has 2 saturated heterocycles. The van der Waals surface area contributed by atoms with Gasteiger partial charge in [-0.1, -0.05) is 24.3 Å². The normalized spacial score (nSPS) is 26.3. The summed E-state index contributed by atoms with van der Waals surface area (Å²) in [7, 11) is 3.21. The average Bonchev–Trinajstić information content (AvgIpc) is 3.44. The van der Waals surface area contributed by atoms with Crippen LogP contribution in [0.25, 0.3) is 0 Å². The Hall–Kier alpha value is -1.57. The lowest BCUT2D eigenvalue weighted by atomic mass is 9.82. The Morgan fingerprint density at radius 3 is 2.67 bits per heavy atom. The highest BCUT2D eigenvalue weighted by molar-refractivity contribution is 7.99. The maximum atomic E-state index is 13.4. The van der Waals surface area contributed by atoms with E-state index in [2.05, 4.69) is 24.3 Å². The molecule has 4 rings (SSSR count). The lowest BCUT2D eigenvalue weighted by Crippen LogP contribution is -2.53. The Labute approximate surface area is 183 Å². The minimum Gasteiger partial charge on any atom is -0.354 e. The molecule has 2 aliphatic heterocycles. The van der Waals surface area contributed by atoms with E-state index in [1.54, 1.807) is 26.0 Å². The lowest BCUT2D eigenvalue weighted by Gasteiger charge is -2.34. The number of hydrogen-bond donors (Lipinski definition) is 0. The molecule has 2 amide bonds. The molecular weight excluding hydrogens is 400 g/mol. The Morgan fingerprint density at radius 1 is 1.13 bits per heavy atom. The molecule has 3 aliphatic rings. The Morgan fingerprint density at radius 2 is 1.90 bits per heavy atom. The number of aryl methyl sites for hydroxylation is 1. The molecule has 1 aromatic rings. The minimum atomic E-state index is -0.434. The first-order valence-electron chi connectivity index (χ1n) is 10.9. The van der Waals surface area contributed by atoms with E-state index in [0.717, 1.165) is 37.9 Å². The van der Waals surface area contributed by atoms with Gasteiger partial charge in [0.25, 0.3) is 0 Å². The molecule has 7 heteroatoms. The number of rotatable bonds is 6. The molecule has 0 unspecified atom stereocenters. The van der Waals surface area contributed by atoms with Crippen molar-refractivity contribution >= 4 is 23.6 Å². The van der Waals surface area contributed by atoms with Crippen LogP contribution in [-0.2, 0) is 31.9 Å². The Kier molecular flexibility index (Phi) is 7.01. The van der Waals surface area contributed by atoms with Gasteiger partial charge in [0, 0.05) is 32.9 Å². The van der Waals surface area contributed by atoms with Crippen molar-refractivity contribution in [3.05, 3.63) is 35.4 Å². The number of thioether (sulfide) groups is 1. The number of fused-ring (bicyclic) bond motifs is 1. The second-order valence-electron chi connectivity index (χ2n) is 8.54. The highest BCUT2D eigenvalue weighted by atomic mass is 32.2. The molecule has 1 aromatic carbocycles. The number of nitrogens with zero attached hydrogens (tertiary/aromatic N) is 2.